The van der Waals surface area contributed by atoms with Crippen molar-refractivity contribution in [2.75, 3.05) is 20.2 Å². The number of methoxy groups -OCH3 is 1. The number of carbonyl (C=O) groups excluding carboxylic acids is 1. The van der Waals surface area contributed by atoms with E-state index < -0.39 is 4.92 Å². The highest BCUT2D eigenvalue weighted by molar-refractivity contribution is 6.30. The largest absolute Gasteiger partial charge is 0.493 e. The first-order valence-corrected chi connectivity index (χ1v) is 9.36. The van der Waals surface area contributed by atoms with E-state index in [-0.39, 0.29) is 28.1 Å². The molecule has 1 aliphatic rings. The fourth-order valence-electron chi connectivity index (χ4n) is 3.12. The van der Waals surface area contributed by atoms with E-state index in [9.17, 15) is 14.9 Å². The molecule has 1 saturated heterocycles. The van der Waals surface area contributed by atoms with Gasteiger partial charge in [0, 0.05) is 29.7 Å². The Morgan fingerprint density at radius 1 is 1.14 bits per heavy atom. The predicted octanol–water partition coefficient (Wildman–Crippen LogP) is 4.92. The topological polar surface area (TPSA) is 81.9 Å². The number of likely N-dealkylation sites (tertiary alicyclic amines) is 1. The second-order valence-corrected chi connectivity index (χ2v) is 7.25. The van der Waals surface area contributed by atoms with E-state index >= 15 is 0 Å². The van der Waals surface area contributed by atoms with E-state index in [0.717, 1.165) is 25.9 Å². The van der Waals surface area contributed by atoms with Gasteiger partial charge in [-0.05, 0) is 49.1 Å². The second kappa shape index (κ2) is 8.48. The third-order valence-corrected chi connectivity index (χ3v) is 5.05. The van der Waals surface area contributed by atoms with Gasteiger partial charge in [0.05, 0.1) is 12.0 Å². The monoisotopic (exact) mass is 404 g/mol. The fraction of sp³-hybridized carbons (Fsp3) is 0.350. The van der Waals surface area contributed by atoms with Crippen molar-refractivity contribution in [3.63, 3.8) is 0 Å². The summed E-state index contributed by atoms with van der Waals surface area (Å²) in [5.41, 5.74) is 0.238. The second-order valence-electron chi connectivity index (χ2n) is 6.81. The Morgan fingerprint density at radius 3 is 2.46 bits per heavy atom. The molecule has 0 saturated carbocycles. The molecule has 28 heavy (non-hydrogen) atoms. The van der Waals surface area contributed by atoms with Gasteiger partial charge in [-0.15, -0.1) is 0 Å². The summed E-state index contributed by atoms with van der Waals surface area (Å²) in [5, 5.41) is 11.5. The number of amides is 1. The summed E-state index contributed by atoms with van der Waals surface area (Å²) in [6.07, 6.45) is 1.98. The van der Waals surface area contributed by atoms with E-state index in [1.54, 1.807) is 18.2 Å². The van der Waals surface area contributed by atoms with Crippen LogP contribution in [0.2, 0.25) is 5.02 Å². The van der Waals surface area contributed by atoms with Crippen molar-refractivity contribution in [3.05, 3.63) is 57.1 Å². The lowest BCUT2D eigenvalue weighted by atomic mass is 9.98. The van der Waals surface area contributed by atoms with E-state index in [0.29, 0.717) is 17.2 Å². The van der Waals surface area contributed by atoms with E-state index in [1.165, 1.54) is 25.3 Å². The summed E-state index contributed by atoms with van der Waals surface area (Å²) in [6.45, 7) is 3.65. The Bertz CT molecular complexity index is 894. The number of rotatable bonds is 5. The summed E-state index contributed by atoms with van der Waals surface area (Å²) in [5.74, 6) is 1.20. The SMILES string of the molecule is COc1cc(C(=O)N2CCC(C)CC2)ccc1Oc1ccc(Cl)cc1[N+](=O)[O-]. The normalized spacial score (nSPS) is 14.6. The van der Waals surface area contributed by atoms with Crippen molar-refractivity contribution < 1.29 is 19.2 Å². The summed E-state index contributed by atoms with van der Waals surface area (Å²) in [4.78, 5) is 25.3. The first kappa shape index (κ1) is 19.9. The zero-order chi connectivity index (χ0) is 20.3. The Morgan fingerprint density at radius 2 is 1.82 bits per heavy atom. The number of hydrogen-bond donors (Lipinski definition) is 0. The highest BCUT2D eigenvalue weighted by Gasteiger charge is 2.23. The molecule has 0 bridgehead atoms. The fourth-order valence-corrected chi connectivity index (χ4v) is 3.28. The first-order chi connectivity index (χ1) is 13.4. The third-order valence-electron chi connectivity index (χ3n) is 4.82. The van der Waals surface area contributed by atoms with Crippen LogP contribution in [-0.4, -0.2) is 35.9 Å². The van der Waals surface area contributed by atoms with Gasteiger partial charge >= 0.3 is 5.69 Å². The minimum absolute atomic E-state index is 0.0387. The van der Waals surface area contributed by atoms with Gasteiger partial charge in [0.15, 0.2) is 11.5 Å². The smallest absolute Gasteiger partial charge is 0.313 e. The quantitative estimate of drug-likeness (QED) is 0.521. The molecule has 7 nitrogen and oxygen atoms in total. The molecule has 0 atom stereocenters. The van der Waals surface area contributed by atoms with Crippen LogP contribution in [0.25, 0.3) is 0 Å². The van der Waals surface area contributed by atoms with Gasteiger partial charge in [0.25, 0.3) is 5.91 Å². The van der Waals surface area contributed by atoms with Gasteiger partial charge in [-0.2, -0.15) is 0 Å². The van der Waals surface area contributed by atoms with Crippen LogP contribution in [0.5, 0.6) is 17.2 Å². The minimum Gasteiger partial charge on any atom is -0.493 e. The van der Waals surface area contributed by atoms with E-state index in [2.05, 4.69) is 6.92 Å². The van der Waals surface area contributed by atoms with Crippen LogP contribution in [-0.2, 0) is 0 Å². The molecule has 0 N–H and O–H groups in total. The van der Waals surface area contributed by atoms with Crippen LogP contribution in [0.3, 0.4) is 0 Å². The standard InChI is InChI=1S/C20H21ClN2O5/c1-13-7-9-22(10-8-13)20(24)14-3-5-18(19(11-14)27-2)28-17-6-4-15(21)12-16(17)23(25)26/h3-6,11-13H,7-10H2,1-2H3. The molecule has 0 radical (unpaired) electrons. The Hall–Kier alpha value is -2.80. The lowest BCUT2D eigenvalue weighted by Crippen LogP contribution is -2.37. The summed E-state index contributed by atoms with van der Waals surface area (Å²) in [7, 11) is 1.45. The average Bonchev–Trinajstić information content (AvgIpc) is 2.69. The Kier molecular flexibility index (Phi) is 6.04. The zero-order valence-corrected chi connectivity index (χ0v) is 16.4. The molecule has 0 aliphatic carbocycles. The molecule has 2 aromatic carbocycles. The van der Waals surface area contributed by atoms with Crippen molar-refractivity contribution in [2.45, 2.75) is 19.8 Å². The molecule has 2 aromatic rings. The molecule has 1 heterocycles. The number of nitrogens with zero attached hydrogens (tertiary/aromatic N) is 2. The summed E-state index contributed by atoms with van der Waals surface area (Å²) < 4.78 is 11.0. The number of benzene rings is 2. The van der Waals surface area contributed by atoms with Crippen molar-refractivity contribution in [2.24, 2.45) is 5.92 Å². The van der Waals surface area contributed by atoms with E-state index in [4.69, 9.17) is 21.1 Å². The van der Waals surface area contributed by atoms with Crippen molar-refractivity contribution in [1.82, 2.24) is 4.90 Å². The van der Waals surface area contributed by atoms with Crippen LogP contribution in [0.15, 0.2) is 36.4 Å². The molecule has 3 rings (SSSR count). The van der Waals surface area contributed by atoms with Gasteiger partial charge < -0.3 is 14.4 Å². The average molecular weight is 405 g/mol. The first-order valence-electron chi connectivity index (χ1n) is 8.98. The molecular weight excluding hydrogens is 384 g/mol. The maximum absolute atomic E-state index is 12.8. The van der Waals surface area contributed by atoms with E-state index in [1.807, 2.05) is 4.90 Å². The minimum atomic E-state index is -0.567. The van der Waals surface area contributed by atoms with Gasteiger partial charge in [0.2, 0.25) is 5.75 Å². The number of halogens is 1. The van der Waals surface area contributed by atoms with Crippen LogP contribution in [0.4, 0.5) is 5.69 Å². The molecule has 0 spiro atoms. The van der Waals surface area contributed by atoms with Crippen LogP contribution in [0, 0.1) is 16.0 Å². The number of piperidine rings is 1. The van der Waals surface area contributed by atoms with Crippen LogP contribution in [0.1, 0.15) is 30.1 Å². The predicted molar refractivity (Wildman–Crippen MR) is 105 cm³/mol. The van der Waals surface area contributed by atoms with Crippen molar-refractivity contribution in [3.8, 4) is 17.2 Å². The number of nitro groups is 1. The molecule has 0 unspecified atom stereocenters. The lowest BCUT2D eigenvalue weighted by Gasteiger charge is -2.30. The van der Waals surface area contributed by atoms with Gasteiger partial charge in [-0.1, -0.05) is 18.5 Å². The number of carbonyl (C=O) groups is 1. The molecule has 1 amide bonds. The summed E-state index contributed by atoms with van der Waals surface area (Å²) in [6, 6.07) is 8.96. The maximum atomic E-state index is 12.8. The molecule has 1 fully saturated rings. The third kappa shape index (κ3) is 4.36. The lowest BCUT2D eigenvalue weighted by molar-refractivity contribution is -0.385. The van der Waals surface area contributed by atoms with Gasteiger partial charge in [-0.25, -0.2) is 0 Å². The van der Waals surface area contributed by atoms with Gasteiger partial charge in [-0.3, -0.25) is 14.9 Å². The molecular formula is C20H21ClN2O5. The Labute approximate surface area is 168 Å². The Balaban J connectivity index is 1.84. The highest BCUT2D eigenvalue weighted by Crippen LogP contribution is 2.38. The number of nitro benzene ring substituents is 1. The van der Waals surface area contributed by atoms with Gasteiger partial charge in [0.1, 0.15) is 0 Å². The molecule has 8 heteroatoms. The summed E-state index contributed by atoms with van der Waals surface area (Å²) >= 11 is 5.83. The van der Waals surface area contributed by atoms with Crippen LogP contribution < -0.4 is 9.47 Å². The molecule has 0 aromatic heterocycles. The molecule has 148 valence electrons. The van der Waals surface area contributed by atoms with Crippen LogP contribution >= 0.6 is 11.6 Å². The van der Waals surface area contributed by atoms with Crippen molar-refractivity contribution >= 4 is 23.2 Å². The zero-order valence-electron chi connectivity index (χ0n) is 15.7. The number of hydrogen-bond acceptors (Lipinski definition) is 5. The maximum Gasteiger partial charge on any atom is 0.313 e. The highest BCUT2D eigenvalue weighted by atomic mass is 35.5. The molecule has 1 aliphatic heterocycles. The number of ether oxygens (including phenoxy) is 2. The van der Waals surface area contributed by atoms with Crippen molar-refractivity contribution in [1.29, 1.82) is 0 Å².